The Bertz CT molecular complexity index is 570. The van der Waals surface area contributed by atoms with E-state index in [0.717, 1.165) is 5.69 Å². The number of nitrogens with zero attached hydrogens (tertiary/aromatic N) is 2. The summed E-state index contributed by atoms with van der Waals surface area (Å²) in [6.45, 7) is 2.84. The van der Waals surface area contributed by atoms with Gasteiger partial charge in [-0.2, -0.15) is 0 Å². The number of likely N-dealkylation sites (tertiary alicyclic amines) is 1. The molecular formula is C15H21N3O3S. The summed E-state index contributed by atoms with van der Waals surface area (Å²) < 4.78 is 0. The first-order chi connectivity index (χ1) is 10.5. The fourth-order valence-corrected chi connectivity index (χ4v) is 3.88. The number of aliphatic carboxylic acids is 1. The molecule has 3 rings (SSSR count). The summed E-state index contributed by atoms with van der Waals surface area (Å²) in [6.07, 6.45) is 4.25. The fourth-order valence-electron chi connectivity index (χ4n) is 3.10. The summed E-state index contributed by atoms with van der Waals surface area (Å²) in [5, 5.41) is 14.6. The van der Waals surface area contributed by atoms with Crippen LogP contribution in [0, 0.1) is 11.8 Å². The maximum absolute atomic E-state index is 12.3. The van der Waals surface area contributed by atoms with Gasteiger partial charge in [0.1, 0.15) is 0 Å². The molecule has 2 amide bonds. The van der Waals surface area contributed by atoms with E-state index in [1.165, 1.54) is 30.6 Å². The Kier molecular flexibility index (Phi) is 4.33. The van der Waals surface area contributed by atoms with E-state index < -0.39 is 11.9 Å². The van der Waals surface area contributed by atoms with Gasteiger partial charge in [0.05, 0.1) is 11.6 Å². The van der Waals surface area contributed by atoms with Crippen LogP contribution >= 0.6 is 11.3 Å². The molecule has 2 unspecified atom stereocenters. The van der Waals surface area contributed by atoms with Crippen LogP contribution in [0.4, 0.5) is 9.93 Å². The van der Waals surface area contributed by atoms with Crippen molar-refractivity contribution in [3.8, 4) is 0 Å². The lowest BCUT2D eigenvalue weighted by Gasteiger charge is -2.34. The zero-order chi connectivity index (χ0) is 15.7. The monoisotopic (exact) mass is 323 g/mol. The number of carbonyl (C=O) groups is 2. The molecule has 120 valence electrons. The van der Waals surface area contributed by atoms with Crippen LogP contribution in [-0.2, 0) is 4.79 Å². The third-order valence-corrected chi connectivity index (χ3v) is 5.33. The number of hydrogen-bond acceptors (Lipinski definition) is 4. The number of anilines is 1. The van der Waals surface area contributed by atoms with E-state index in [9.17, 15) is 14.7 Å². The molecule has 1 aliphatic heterocycles. The Labute approximate surface area is 133 Å². The average molecular weight is 323 g/mol. The molecule has 0 spiro atoms. The second-order valence-corrected chi connectivity index (χ2v) is 7.27. The van der Waals surface area contributed by atoms with Crippen LogP contribution in [0.5, 0.6) is 0 Å². The standard InChI is InChI=1S/C15H21N3O3S/c1-9-5-11(13(19)20)7-18(6-9)15(21)17-14-16-12(8-22-14)10-3-2-4-10/h8-11H,2-7H2,1H3,(H,19,20)(H,16,17,21). The minimum Gasteiger partial charge on any atom is -0.481 e. The molecule has 1 saturated heterocycles. The number of carbonyl (C=O) groups excluding carboxylic acids is 1. The molecule has 1 saturated carbocycles. The van der Waals surface area contributed by atoms with Crippen molar-refractivity contribution in [3.63, 3.8) is 0 Å². The van der Waals surface area contributed by atoms with Crippen LogP contribution in [0.2, 0.25) is 0 Å². The quantitative estimate of drug-likeness (QED) is 0.896. The Morgan fingerprint density at radius 3 is 2.82 bits per heavy atom. The number of aromatic nitrogens is 1. The normalized spacial score (nSPS) is 25.6. The number of amides is 2. The molecule has 2 atom stereocenters. The zero-order valence-electron chi connectivity index (χ0n) is 12.6. The summed E-state index contributed by atoms with van der Waals surface area (Å²) in [6, 6.07) is -0.243. The molecule has 2 N–H and O–H groups in total. The molecule has 2 aliphatic rings. The van der Waals surface area contributed by atoms with Crippen molar-refractivity contribution in [1.29, 1.82) is 0 Å². The molecule has 7 heteroatoms. The zero-order valence-corrected chi connectivity index (χ0v) is 13.4. The summed E-state index contributed by atoms with van der Waals surface area (Å²) in [5.74, 6) is -0.557. The molecule has 2 heterocycles. The summed E-state index contributed by atoms with van der Waals surface area (Å²) in [7, 11) is 0. The molecule has 22 heavy (non-hydrogen) atoms. The van der Waals surface area contributed by atoms with Crippen molar-refractivity contribution in [2.45, 2.75) is 38.5 Å². The van der Waals surface area contributed by atoms with Gasteiger partial charge in [-0.25, -0.2) is 9.78 Å². The van der Waals surface area contributed by atoms with Gasteiger partial charge in [-0.05, 0) is 25.2 Å². The molecule has 1 aromatic rings. The van der Waals surface area contributed by atoms with Crippen molar-refractivity contribution in [1.82, 2.24) is 9.88 Å². The number of hydrogen-bond donors (Lipinski definition) is 2. The lowest BCUT2D eigenvalue weighted by Crippen LogP contribution is -2.47. The van der Waals surface area contributed by atoms with Crippen LogP contribution in [0.3, 0.4) is 0 Å². The highest BCUT2D eigenvalue weighted by molar-refractivity contribution is 7.13. The van der Waals surface area contributed by atoms with Crippen LogP contribution in [-0.4, -0.2) is 40.1 Å². The van der Waals surface area contributed by atoms with Gasteiger partial charge in [0.2, 0.25) is 0 Å². The smallest absolute Gasteiger partial charge is 0.323 e. The number of piperidine rings is 1. The highest BCUT2D eigenvalue weighted by atomic mass is 32.1. The van der Waals surface area contributed by atoms with Crippen molar-refractivity contribution >= 4 is 28.5 Å². The molecule has 6 nitrogen and oxygen atoms in total. The third kappa shape index (κ3) is 3.24. The van der Waals surface area contributed by atoms with Gasteiger partial charge >= 0.3 is 12.0 Å². The summed E-state index contributed by atoms with van der Waals surface area (Å²) >= 11 is 1.44. The van der Waals surface area contributed by atoms with Gasteiger partial charge in [0.15, 0.2) is 5.13 Å². The Morgan fingerprint density at radius 2 is 2.18 bits per heavy atom. The van der Waals surface area contributed by atoms with Crippen LogP contribution in [0.1, 0.15) is 44.2 Å². The second-order valence-electron chi connectivity index (χ2n) is 6.42. The van der Waals surface area contributed by atoms with Gasteiger partial charge in [-0.3, -0.25) is 10.1 Å². The lowest BCUT2D eigenvalue weighted by molar-refractivity contribution is -0.143. The molecule has 0 radical (unpaired) electrons. The van der Waals surface area contributed by atoms with Crippen molar-refractivity contribution in [3.05, 3.63) is 11.1 Å². The maximum Gasteiger partial charge on any atom is 0.323 e. The predicted octanol–water partition coefficient (Wildman–Crippen LogP) is 2.99. The maximum atomic E-state index is 12.3. The molecule has 1 aromatic heterocycles. The highest BCUT2D eigenvalue weighted by Gasteiger charge is 2.32. The van der Waals surface area contributed by atoms with Crippen molar-refractivity contribution < 1.29 is 14.7 Å². The predicted molar refractivity (Wildman–Crippen MR) is 84.2 cm³/mol. The van der Waals surface area contributed by atoms with E-state index in [0.29, 0.717) is 24.0 Å². The Morgan fingerprint density at radius 1 is 1.41 bits per heavy atom. The summed E-state index contributed by atoms with van der Waals surface area (Å²) in [5.41, 5.74) is 1.07. The van der Waals surface area contributed by atoms with E-state index in [1.54, 1.807) is 4.90 Å². The largest absolute Gasteiger partial charge is 0.481 e. The number of thiazole rings is 1. The van der Waals surface area contributed by atoms with Crippen LogP contribution in [0.25, 0.3) is 0 Å². The van der Waals surface area contributed by atoms with Gasteiger partial charge in [-0.15, -0.1) is 11.3 Å². The van der Waals surface area contributed by atoms with E-state index in [2.05, 4.69) is 10.3 Å². The summed E-state index contributed by atoms with van der Waals surface area (Å²) in [4.78, 5) is 29.6. The van der Waals surface area contributed by atoms with E-state index in [4.69, 9.17) is 0 Å². The molecule has 0 bridgehead atoms. The van der Waals surface area contributed by atoms with E-state index in [-0.39, 0.29) is 18.5 Å². The van der Waals surface area contributed by atoms with Gasteiger partial charge in [-0.1, -0.05) is 13.3 Å². The number of carboxylic acids is 1. The molecule has 2 fully saturated rings. The van der Waals surface area contributed by atoms with Crippen molar-refractivity contribution in [2.24, 2.45) is 11.8 Å². The first-order valence-corrected chi connectivity index (χ1v) is 8.65. The minimum absolute atomic E-state index is 0.197. The Balaban J connectivity index is 1.60. The van der Waals surface area contributed by atoms with Crippen LogP contribution in [0.15, 0.2) is 5.38 Å². The molecule has 1 aliphatic carbocycles. The first-order valence-electron chi connectivity index (χ1n) is 7.77. The van der Waals surface area contributed by atoms with Gasteiger partial charge in [0.25, 0.3) is 0 Å². The number of urea groups is 1. The Hall–Kier alpha value is -1.63. The number of nitrogens with one attached hydrogen (secondary N) is 1. The number of rotatable bonds is 3. The fraction of sp³-hybridized carbons (Fsp3) is 0.667. The van der Waals surface area contributed by atoms with E-state index >= 15 is 0 Å². The SMILES string of the molecule is CC1CC(C(=O)O)CN(C(=O)Nc2nc(C3CCC3)cs2)C1. The minimum atomic E-state index is -0.828. The van der Waals surface area contributed by atoms with Crippen molar-refractivity contribution in [2.75, 3.05) is 18.4 Å². The highest BCUT2D eigenvalue weighted by Crippen LogP contribution is 2.37. The first kappa shape index (κ1) is 15.3. The van der Waals surface area contributed by atoms with Crippen LogP contribution < -0.4 is 5.32 Å². The van der Waals surface area contributed by atoms with Gasteiger partial charge < -0.3 is 10.0 Å². The second kappa shape index (κ2) is 6.24. The average Bonchev–Trinajstić information content (AvgIpc) is 2.84. The number of carboxylic acid groups (broad SMARTS) is 1. The van der Waals surface area contributed by atoms with Gasteiger partial charge in [0, 0.05) is 24.4 Å². The topological polar surface area (TPSA) is 82.5 Å². The molecular weight excluding hydrogens is 302 g/mol. The lowest BCUT2D eigenvalue weighted by atomic mass is 9.83. The third-order valence-electron chi connectivity index (χ3n) is 4.56. The van der Waals surface area contributed by atoms with E-state index in [1.807, 2.05) is 12.3 Å². The molecule has 0 aromatic carbocycles.